The average molecular weight is 398 g/mol. The lowest BCUT2D eigenvalue weighted by molar-refractivity contribution is 0.249. The highest BCUT2D eigenvalue weighted by Crippen LogP contribution is 2.20. The topological polar surface area (TPSA) is 49.4 Å². The monoisotopic (exact) mass is 398 g/mol. The molecule has 1 aliphatic rings. The van der Waals surface area contributed by atoms with Crippen LogP contribution in [0.5, 0.6) is 0 Å². The minimum Gasteiger partial charge on any atom is -0.299 e. The zero-order valence-corrected chi connectivity index (χ0v) is 15.5. The van der Waals surface area contributed by atoms with Crippen LogP contribution in [0.1, 0.15) is 24.0 Å². The lowest BCUT2D eigenvalue weighted by atomic mass is 10.00. The van der Waals surface area contributed by atoms with Crippen molar-refractivity contribution in [1.29, 1.82) is 0 Å². The molecule has 4 nitrogen and oxygen atoms in total. The van der Waals surface area contributed by atoms with Crippen LogP contribution in [0.25, 0.3) is 0 Å². The lowest BCUT2D eigenvalue weighted by Crippen LogP contribution is -2.32. The minimum atomic E-state index is -4.22. The average Bonchev–Trinajstić information content (AvgIpc) is 2.64. The van der Waals surface area contributed by atoms with Crippen LogP contribution >= 0.6 is 0 Å². The van der Waals surface area contributed by atoms with Crippen LogP contribution in [0.3, 0.4) is 0 Å². The fourth-order valence-corrected chi connectivity index (χ4v) is 4.34. The summed E-state index contributed by atoms with van der Waals surface area (Å²) in [6, 6.07) is 8.91. The molecule has 0 saturated heterocycles. The summed E-state index contributed by atoms with van der Waals surface area (Å²) in [6.07, 6.45) is 2.33. The van der Waals surface area contributed by atoms with Crippen LogP contribution in [-0.2, 0) is 23.0 Å². The third kappa shape index (κ3) is 4.88. The molecule has 1 aliphatic heterocycles. The van der Waals surface area contributed by atoms with Crippen molar-refractivity contribution in [2.24, 2.45) is 0 Å². The molecule has 2 aromatic carbocycles. The van der Waals surface area contributed by atoms with E-state index >= 15 is 0 Å². The smallest absolute Gasteiger partial charge is 0.243 e. The summed E-state index contributed by atoms with van der Waals surface area (Å²) in [5, 5.41) is 0. The minimum absolute atomic E-state index is 0.102. The second-order valence-corrected chi connectivity index (χ2v) is 8.33. The molecule has 0 amide bonds. The Morgan fingerprint density at radius 2 is 1.67 bits per heavy atom. The van der Waals surface area contributed by atoms with Crippen molar-refractivity contribution in [3.8, 4) is 0 Å². The zero-order valence-electron chi connectivity index (χ0n) is 14.7. The Balaban J connectivity index is 1.46. The van der Waals surface area contributed by atoms with Crippen molar-refractivity contribution < 1.29 is 21.6 Å². The predicted octanol–water partition coefficient (Wildman–Crippen LogP) is 3.22. The van der Waals surface area contributed by atoms with E-state index in [0.29, 0.717) is 12.5 Å². The van der Waals surface area contributed by atoms with Gasteiger partial charge in [0, 0.05) is 25.7 Å². The molecule has 0 radical (unpaired) electrons. The summed E-state index contributed by atoms with van der Waals surface area (Å²) in [5.41, 5.74) is 2.69. The molecular formula is C19H21F3N2O2S. The first kappa shape index (κ1) is 19.9. The number of hydrogen-bond donors (Lipinski definition) is 1. The summed E-state index contributed by atoms with van der Waals surface area (Å²) >= 11 is 0. The molecule has 146 valence electrons. The molecule has 0 fully saturated rings. The van der Waals surface area contributed by atoms with Gasteiger partial charge in [-0.05, 0) is 43.0 Å². The molecule has 8 heteroatoms. The lowest BCUT2D eigenvalue weighted by Gasteiger charge is -2.28. The number of rotatable bonds is 7. The van der Waals surface area contributed by atoms with Gasteiger partial charge in [-0.3, -0.25) is 4.90 Å². The Labute approximate surface area is 157 Å². The number of hydrogen-bond acceptors (Lipinski definition) is 3. The van der Waals surface area contributed by atoms with Gasteiger partial charge in [-0.15, -0.1) is 0 Å². The van der Waals surface area contributed by atoms with Gasteiger partial charge in [-0.25, -0.2) is 26.3 Å². The van der Waals surface area contributed by atoms with Gasteiger partial charge in [-0.1, -0.05) is 24.3 Å². The zero-order chi connectivity index (χ0) is 19.4. The maximum Gasteiger partial charge on any atom is 0.243 e. The first-order chi connectivity index (χ1) is 12.9. The number of unbranched alkanes of at least 4 members (excludes halogenated alkanes) is 1. The molecule has 2 aromatic rings. The summed E-state index contributed by atoms with van der Waals surface area (Å²) in [6.45, 7) is 2.77. The van der Waals surface area contributed by atoms with Crippen molar-refractivity contribution in [1.82, 2.24) is 9.62 Å². The molecule has 0 aromatic heterocycles. The molecule has 0 saturated carbocycles. The van der Waals surface area contributed by atoms with Crippen molar-refractivity contribution in [3.63, 3.8) is 0 Å². The Kier molecular flexibility index (Phi) is 6.18. The Hall–Kier alpha value is -1.90. The Morgan fingerprint density at radius 1 is 0.963 bits per heavy atom. The molecule has 3 rings (SSSR count). The predicted molar refractivity (Wildman–Crippen MR) is 96.2 cm³/mol. The van der Waals surface area contributed by atoms with E-state index in [9.17, 15) is 21.6 Å². The van der Waals surface area contributed by atoms with E-state index in [1.54, 1.807) is 0 Å². The van der Waals surface area contributed by atoms with Gasteiger partial charge in [0.2, 0.25) is 10.0 Å². The number of halogens is 3. The highest BCUT2D eigenvalue weighted by molar-refractivity contribution is 7.89. The van der Waals surface area contributed by atoms with E-state index < -0.39 is 32.4 Å². The maximum atomic E-state index is 13.6. The molecule has 0 aliphatic carbocycles. The number of fused-ring (bicyclic) bond motifs is 1. The summed E-state index contributed by atoms with van der Waals surface area (Å²) in [7, 11) is -4.22. The fraction of sp³-hybridized carbons (Fsp3) is 0.368. The van der Waals surface area contributed by atoms with Crippen molar-refractivity contribution >= 4 is 10.0 Å². The quantitative estimate of drug-likeness (QED) is 0.576. The van der Waals surface area contributed by atoms with E-state index in [4.69, 9.17) is 0 Å². The van der Waals surface area contributed by atoms with E-state index in [-0.39, 0.29) is 12.6 Å². The normalized spacial score (nSPS) is 14.9. The number of nitrogens with one attached hydrogen (secondary N) is 1. The molecule has 0 spiro atoms. The third-order valence-corrected chi connectivity index (χ3v) is 6.14. The van der Waals surface area contributed by atoms with Gasteiger partial charge >= 0.3 is 0 Å². The molecule has 0 unspecified atom stereocenters. The van der Waals surface area contributed by atoms with Gasteiger partial charge in [0.1, 0.15) is 10.7 Å². The van der Waals surface area contributed by atoms with Crippen molar-refractivity contribution in [2.45, 2.75) is 30.7 Å². The van der Waals surface area contributed by atoms with Gasteiger partial charge < -0.3 is 0 Å². The third-order valence-electron chi connectivity index (χ3n) is 4.67. The summed E-state index contributed by atoms with van der Waals surface area (Å²) < 4.78 is 66.1. The largest absolute Gasteiger partial charge is 0.299 e. The van der Waals surface area contributed by atoms with Crippen LogP contribution in [0.15, 0.2) is 41.3 Å². The molecule has 27 heavy (non-hydrogen) atoms. The molecular weight excluding hydrogens is 377 g/mol. The molecule has 0 bridgehead atoms. The highest BCUT2D eigenvalue weighted by Gasteiger charge is 2.22. The summed E-state index contributed by atoms with van der Waals surface area (Å²) in [5.74, 6) is -4.13. The van der Waals surface area contributed by atoms with E-state index in [1.165, 1.54) is 11.1 Å². The van der Waals surface area contributed by atoms with Gasteiger partial charge in [0.15, 0.2) is 11.6 Å². The van der Waals surface area contributed by atoms with Crippen LogP contribution in [0, 0.1) is 17.5 Å². The number of nitrogens with zero attached hydrogens (tertiary/aromatic N) is 1. The second kappa shape index (κ2) is 8.41. The first-order valence-corrected chi connectivity index (χ1v) is 10.3. The van der Waals surface area contributed by atoms with Crippen molar-refractivity contribution in [2.75, 3.05) is 19.6 Å². The molecule has 0 atom stereocenters. The van der Waals surface area contributed by atoms with Crippen LogP contribution in [-0.4, -0.2) is 33.0 Å². The van der Waals surface area contributed by atoms with Crippen LogP contribution in [0.2, 0.25) is 0 Å². The van der Waals surface area contributed by atoms with Gasteiger partial charge in [0.25, 0.3) is 0 Å². The first-order valence-electron chi connectivity index (χ1n) is 8.80. The van der Waals surface area contributed by atoms with Crippen molar-refractivity contribution in [3.05, 3.63) is 65.0 Å². The van der Waals surface area contributed by atoms with E-state index in [1.807, 2.05) is 12.1 Å². The summed E-state index contributed by atoms with van der Waals surface area (Å²) in [4.78, 5) is 1.43. The standard InChI is InChI=1S/C19H21F3N2O2S/c20-16-11-18(22)19(12-17(16)21)27(25,26)23-8-3-4-9-24-10-7-14-5-1-2-6-15(14)13-24/h1-2,5-6,11-12,23H,3-4,7-10,13H2. The second-order valence-electron chi connectivity index (χ2n) is 6.60. The number of sulfonamides is 1. The van der Waals surface area contributed by atoms with E-state index in [0.717, 1.165) is 32.5 Å². The van der Waals surface area contributed by atoms with E-state index in [2.05, 4.69) is 21.8 Å². The van der Waals surface area contributed by atoms with Crippen LogP contribution in [0.4, 0.5) is 13.2 Å². The van der Waals surface area contributed by atoms with Gasteiger partial charge in [-0.2, -0.15) is 0 Å². The fourth-order valence-electron chi connectivity index (χ4n) is 3.20. The molecule has 1 heterocycles. The van der Waals surface area contributed by atoms with Gasteiger partial charge in [0.05, 0.1) is 0 Å². The SMILES string of the molecule is O=S(=O)(NCCCCN1CCc2ccccc2C1)c1cc(F)c(F)cc1F. The van der Waals surface area contributed by atoms with Crippen LogP contribution < -0.4 is 4.72 Å². The Morgan fingerprint density at radius 3 is 2.44 bits per heavy atom. The number of benzene rings is 2. The molecule has 1 N–H and O–H groups in total. The Bertz CT molecular complexity index is 919. The maximum absolute atomic E-state index is 13.6. The highest BCUT2D eigenvalue weighted by atomic mass is 32.2.